The molecule has 4 nitrogen and oxygen atoms in total. The van der Waals surface area contributed by atoms with E-state index >= 15 is 0 Å². The van der Waals surface area contributed by atoms with Gasteiger partial charge in [-0.1, -0.05) is 23.5 Å². The van der Waals surface area contributed by atoms with Crippen LogP contribution in [0.5, 0.6) is 0 Å². The minimum absolute atomic E-state index is 0.671. The molecule has 2 N–H and O–H groups in total. The molecule has 0 spiro atoms. The molecular weight excluding hydrogens is 240 g/mol. The average molecular weight is 252 g/mol. The van der Waals surface area contributed by atoms with Crippen LogP contribution in [0.2, 0.25) is 0 Å². The second kappa shape index (κ2) is 4.63. The molecule has 0 saturated carbocycles. The van der Waals surface area contributed by atoms with Gasteiger partial charge in [0.2, 0.25) is 5.13 Å². The quantitative estimate of drug-likeness (QED) is 0.824. The summed E-state index contributed by atoms with van der Waals surface area (Å²) in [5.41, 5.74) is 2.13. The van der Waals surface area contributed by atoms with E-state index < -0.39 is 0 Å². The Morgan fingerprint density at radius 2 is 2.12 bits per heavy atom. The van der Waals surface area contributed by atoms with E-state index in [-0.39, 0.29) is 0 Å². The molecule has 6 heteroatoms. The van der Waals surface area contributed by atoms with E-state index in [1.54, 1.807) is 0 Å². The Bertz CT molecular complexity index is 529. The first kappa shape index (κ1) is 11.1. The van der Waals surface area contributed by atoms with E-state index in [9.17, 15) is 0 Å². The number of aromatic nitrogens is 2. The summed E-state index contributed by atoms with van der Waals surface area (Å²) in [6, 6.07) is 8.06. The van der Waals surface area contributed by atoms with Crippen LogP contribution in [0.25, 0.3) is 0 Å². The van der Waals surface area contributed by atoms with Crippen LogP contribution in [0.15, 0.2) is 24.3 Å². The molecule has 1 aromatic heterocycles. The number of H-pyrrole nitrogens is 1. The Labute approximate surface area is 103 Å². The van der Waals surface area contributed by atoms with Crippen LogP contribution < -0.4 is 10.2 Å². The summed E-state index contributed by atoms with van der Waals surface area (Å²) in [5, 5.41) is 10.8. The minimum atomic E-state index is 0.671. The lowest BCUT2D eigenvalue weighted by Crippen LogP contribution is -2.10. The molecule has 0 atom stereocenters. The second-order valence-corrected chi connectivity index (χ2v) is 5.12. The van der Waals surface area contributed by atoms with Crippen molar-refractivity contribution in [2.24, 2.45) is 0 Å². The van der Waals surface area contributed by atoms with Crippen molar-refractivity contribution in [1.29, 1.82) is 0 Å². The maximum atomic E-state index is 4.98. The smallest absolute Gasteiger partial charge is 0.208 e. The van der Waals surface area contributed by atoms with Gasteiger partial charge in [-0.25, -0.2) is 0 Å². The molecule has 2 aromatic rings. The topological polar surface area (TPSA) is 44.0 Å². The Balaban J connectivity index is 2.30. The monoisotopic (exact) mass is 252 g/mol. The molecule has 16 heavy (non-hydrogen) atoms. The summed E-state index contributed by atoms with van der Waals surface area (Å²) in [6.45, 7) is 0. The van der Waals surface area contributed by atoms with E-state index in [2.05, 4.69) is 15.5 Å². The Morgan fingerprint density at radius 3 is 2.75 bits per heavy atom. The standard InChI is InChI=1S/C10H12N4S2/c1-14(2)8-6-4-3-5-7(8)11-9-12-13-10(15)16-9/h3-6H,1-2H3,(H,11,12)(H,13,15). The first-order valence-electron chi connectivity index (χ1n) is 4.75. The number of benzene rings is 1. The Kier molecular flexibility index (Phi) is 3.21. The summed E-state index contributed by atoms with van der Waals surface area (Å²) in [6.07, 6.45) is 0. The maximum Gasteiger partial charge on any atom is 0.208 e. The second-order valence-electron chi connectivity index (χ2n) is 3.45. The predicted octanol–water partition coefficient (Wildman–Crippen LogP) is 3.01. The molecule has 1 heterocycles. The molecule has 0 fully saturated rings. The van der Waals surface area contributed by atoms with Gasteiger partial charge in [-0.3, -0.25) is 5.10 Å². The van der Waals surface area contributed by atoms with E-state index in [0.717, 1.165) is 16.5 Å². The van der Waals surface area contributed by atoms with Crippen LogP contribution in [-0.2, 0) is 0 Å². The van der Waals surface area contributed by atoms with Crippen molar-refractivity contribution in [3.8, 4) is 0 Å². The summed E-state index contributed by atoms with van der Waals surface area (Å²) >= 11 is 6.41. The summed E-state index contributed by atoms with van der Waals surface area (Å²) in [4.78, 5) is 2.05. The number of para-hydroxylation sites is 2. The fourth-order valence-electron chi connectivity index (χ4n) is 1.37. The number of aromatic amines is 1. The molecule has 0 bridgehead atoms. The molecule has 0 aliphatic rings. The lowest BCUT2D eigenvalue weighted by Gasteiger charge is -2.17. The molecule has 84 valence electrons. The molecule has 0 radical (unpaired) electrons. The first-order chi connectivity index (χ1) is 7.66. The van der Waals surface area contributed by atoms with Crippen LogP contribution in [0.1, 0.15) is 0 Å². The van der Waals surface area contributed by atoms with Gasteiger partial charge in [-0.05, 0) is 24.4 Å². The number of hydrogen-bond donors (Lipinski definition) is 2. The van der Waals surface area contributed by atoms with Crippen molar-refractivity contribution in [1.82, 2.24) is 10.2 Å². The SMILES string of the molecule is CN(C)c1ccccc1Nc1n[nH]c(=S)s1. The maximum absolute atomic E-state index is 4.98. The molecule has 0 aliphatic heterocycles. The largest absolute Gasteiger partial charge is 0.376 e. The van der Waals surface area contributed by atoms with E-state index in [0.29, 0.717) is 3.95 Å². The normalized spacial score (nSPS) is 10.1. The van der Waals surface area contributed by atoms with Gasteiger partial charge in [0, 0.05) is 14.1 Å². The van der Waals surface area contributed by atoms with Crippen molar-refractivity contribution in [2.75, 3.05) is 24.3 Å². The number of nitrogens with one attached hydrogen (secondary N) is 2. The average Bonchev–Trinajstić information content (AvgIpc) is 2.64. The van der Waals surface area contributed by atoms with E-state index in [1.807, 2.05) is 43.3 Å². The van der Waals surface area contributed by atoms with Crippen LogP contribution >= 0.6 is 23.6 Å². The highest BCUT2D eigenvalue weighted by atomic mass is 32.1. The highest BCUT2D eigenvalue weighted by Crippen LogP contribution is 2.27. The fraction of sp³-hybridized carbons (Fsp3) is 0.200. The zero-order chi connectivity index (χ0) is 11.5. The Morgan fingerprint density at radius 1 is 1.38 bits per heavy atom. The van der Waals surface area contributed by atoms with E-state index in [4.69, 9.17) is 12.2 Å². The van der Waals surface area contributed by atoms with Gasteiger partial charge in [0.25, 0.3) is 0 Å². The van der Waals surface area contributed by atoms with Gasteiger partial charge in [0.15, 0.2) is 3.95 Å². The Hall–Kier alpha value is -1.40. The van der Waals surface area contributed by atoms with Gasteiger partial charge in [-0.2, -0.15) is 0 Å². The predicted molar refractivity (Wildman–Crippen MR) is 71.4 cm³/mol. The highest BCUT2D eigenvalue weighted by Gasteiger charge is 2.05. The van der Waals surface area contributed by atoms with Gasteiger partial charge < -0.3 is 10.2 Å². The van der Waals surface area contributed by atoms with Crippen molar-refractivity contribution in [3.63, 3.8) is 0 Å². The van der Waals surface area contributed by atoms with Gasteiger partial charge in [0.05, 0.1) is 11.4 Å². The number of nitrogens with zero attached hydrogens (tertiary/aromatic N) is 2. The minimum Gasteiger partial charge on any atom is -0.376 e. The molecule has 0 aliphatic carbocycles. The fourth-order valence-corrected chi connectivity index (χ4v) is 2.17. The van der Waals surface area contributed by atoms with Gasteiger partial charge in [0.1, 0.15) is 0 Å². The van der Waals surface area contributed by atoms with Crippen molar-refractivity contribution >= 4 is 40.1 Å². The molecule has 2 rings (SSSR count). The molecule has 0 saturated heterocycles. The third-order valence-electron chi connectivity index (χ3n) is 2.07. The van der Waals surface area contributed by atoms with Crippen LogP contribution in [-0.4, -0.2) is 24.3 Å². The summed E-state index contributed by atoms with van der Waals surface area (Å²) in [7, 11) is 4.01. The van der Waals surface area contributed by atoms with Gasteiger partial charge in [-0.15, -0.1) is 5.10 Å². The molecule has 1 aromatic carbocycles. The van der Waals surface area contributed by atoms with Crippen LogP contribution in [0.4, 0.5) is 16.5 Å². The van der Waals surface area contributed by atoms with Crippen molar-refractivity contribution in [3.05, 3.63) is 28.2 Å². The highest BCUT2D eigenvalue weighted by molar-refractivity contribution is 7.73. The van der Waals surface area contributed by atoms with Crippen LogP contribution in [0.3, 0.4) is 0 Å². The van der Waals surface area contributed by atoms with Crippen molar-refractivity contribution in [2.45, 2.75) is 0 Å². The lowest BCUT2D eigenvalue weighted by atomic mass is 10.2. The number of hydrogen-bond acceptors (Lipinski definition) is 5. The zero-order valence-corrected chi connectivity index (χ0v) is 10.7. The first-order valence-corrected chi connectivity index (χ1v) is 5.98. The molecule has 0 amide bonds. The third-order valence-corrected chi connectivity index (χ3v) is 3.07. The third kappa shape index (κ3) is 2.40. The summed E-state index contributed by atoms with van der Waals surface area (Å²) < 4.78 is 0.671. The molecular formula is C10H12N4S2. The number of anilines is 3. The van der Waals surface area contributed by atoms with Gasteiger partial charge >= 0.3 is 0 Å². The van der Waals surface area contributed by atoms with Crippen LogP contribution in [0, 0.1) is 3.95 Å². The number of rotatable bonds is 3. The lowest BCUT2D eigenvalue weighted by molar-refractivity contribution is 1.08. The molecule has 0 unspecified atom stereocenters. The zero-order valence-electron chi connectivity index (χ0n) is 9.02. The van der Waals surface area contributed by atoms with Crippen molar-refractivity contribution < 1.29 is 0 Å². The van der Waals surface area contributed by atoms with E-state index in [1.165, 1.54) is 11.3 Å². The summed E-state index contributed by atoms with van der Waals surface area (Å²) in [5.74, 6) is 0.